The molecule has 0 radical (unpaired) electrons. The second-order valence-electron chi connectivity index (χ2n) is 1.80. The minimum absolute atomic E-state index is 0.613. The van der Waals surface area contributed by atoms with Gasteiger partial charge in [-0.2, -0.15) is 0 Å². The maximum Gasteiger partial charge on any atom is 0.196 e. The molecule has 1 N–H and O–H groups in total. The molecule has 0 heterocycles. The summed E-state index contributed by atoms with van der Waals surface area (Å²) in [6, 6.07) is 7.24. The summed E-state index contributed by atoms with van der Waals surface area (Å²) in [5, 5.41) is 0.613. The molecule has 0 atom stereocenters. The summed E-state index contributed by atoms with van der Waals surface area (Å²) in [5.74, 6) is 0. The van der Waals surface area contributed by atoms with Crippen molar-refractivity contribution in [3.05, 3.63) is 29.3 Å². The Morgan fingerprint density at radius 3 is 2.82 bits per heavy atom. The minimum Gasteiger partial charge on any atom is -0.322 e. The Labute approximate surface area is 74.1 Å². The number of para-hydroxylation sites is 1. The molecular weight excluding hydrogens is 182 g/mol. The first-order valence-corrected chi connectivity index (χ1v) is 4.20. The predicted octanol–water partition coefficient (Wildman–Crippen LogP) is 2.59. The number of carbonyl (C=O) groups excluding carboxylic acids is 1. The predicted molar refractivity (Wildman–Crippen MR) is 49.4 cm³/mol. The fraction of sp³-hybridized carbons (Fsp3) is 0. The topological polar surface area (TPSA) is 29.1 Å². The van der Waals surface area contributed by atoms with Crippen LogP contribution >= 0.6 is 23.5 Å². The number of hydrogen-bond acceptors (Lipinski definition) is 3. The lowest BCUT2D eigenvalue weighted by Crippen LogP contribution is -1.85. The average Bonchev–Trinajstić information content (AvgIpc) is 2.03. The molecule has 1 aromatic rings. The number of halogens is 1. The monoisotopic (exact) mass is 187 g/mol. The molecule has 4 heteroatoms. The summed E-state index contributed by atoms with van der Waals surface area (Å²) < 4.78 is 2.78. The third kappa shape index (κ3) is 2.44. The molecule has 0 spiro atoms. The molecule has 0 saturated carbocycles. The standard InChI is InChI=1S/C7H6ClNOS/c8-6-3-1-2-4-7(6)9-11-5-10/h1-5,9H. The van der Waals surface area contributed by atoms with E-state index in [4.69, 9.17) is 11.6 Å². The highest BCUT2D eigenvalue weighted by atomic mass is 35.5. The molecular formula is C7H6ClNOS. The van der Waals surface area contributed by atoms with Crippen molar-refractivity contribution < 1.29 is 4.79 Å². The van der Waals surface area contributed by atoms with Crippen LogP contribution in [0.15, 0.2) is 24.3 Å². The Hall–Kier alpha value is -0.670. The molecule has 58 valence electrons. The van der Waals surface area contributed by atoms with Gasteiger partial charge in [0.2, 0.25) is 0 Å². The lowest BCUT2D eigenvalue weighted by atomic mass is 10.3. The van der Waals surface area contributed by atoms with E-state index in [1.54, 1.807) is 12.1 Å². The van der Waals surface area contributed by atoms with Crippen molar-refractivity contribution in [1.29, 1.82) is 0 Å². The third-order valence-electron chi connectivity index (χ3n) is 1.09. The van der Waals surface area contributed by atoms with E-state index in [1.807, 2.05) is 12.1 Å². The number of anilines is 1. The summed E-state index contributed by atoms with van der Waals surface area (Å²) in [4.78, 5) is 9.95. The van der Waals surface area contributed by atoms with Crippen molar-refractivity contribution in [2.75, 3.05) is 4.72 Å². The zero-order chi connectivity index (χ0) is 8.10. The van der Waals surface area contributed by atoms with Crippen LogP contribution in [0.1, 0.15) is 0 Å². The molecule has 0 aliphatic heterocycles. The van der Waals surface area contributed by atoms with Gasteiger partial charge in [0, 0.05) is 11.9 Å². The van der Waals surface area contributed by atoms with E-state index in [-0.39, 0.29) is 0 Å². The van der Waals surface area contributed by atoms with Crippen molar-refractivity contribution in [2.45, 2.75) is 0 Å². The highest BCUT2D eigenvalue weighted by molar-refractivity contribution is 8.13. The Morgan fingerprint density at radius 1 is 1.45 bits per heavy atom. The van der Waals surface area contributed by atoms with Crippen LogP contribution in [0.25, 0.3) is 0 Å². The summed E-state index contributed by atoms with van der Waals surface area (Å²) in [6.45, 7) is 0. The number of carbonyl (C=O) groups is 1. The normalized spacial score (nSPS) is 9.18. The van der Waals surface area contributed by atoms with Gasteiger partial charge >= 0.3 is 0 Å². The first-order valence-electron chi connectivity index (χ1n) is 2.94. The van der Waals surface area contributed by atoms with Crippen LogP contribution in [0.2, 0.25) is 5.02 Å². The van der Waals surface area contributed by atoms with Gasteiger partial charge in [-0.15, -0.1) is 0 Å². The summed E-state index contributed by atoms with van der Waals surface area (Å²) >= 11 is 6.73. The number of hydrogen-bond donors (Lipinski definition) is 1. The zero-order valence-corrected chi connectivity index (χ0v) is 7.15. The minimum atomic E-state index is 0.613. The molecule has 0 aliphatic carbocycles. The molecule has 2 nitrogen and oxygen atoms in total. The Balaban J connectivity index is 2.69. The maximum atomic E-state index is 9.95. The van der Waals surface area contributed by atoms with Crippen LogP contribution in [0.3, 0.4) is 0 Å². The number of nitrogens with one attached hydrogen (secondary N) is 1. The first-order chi connectivity index (χ1) is 5.34. The fourth-order valence-electron chi connectivity index (χ4n) is 0.632. The lowest BCUT2D eigenvalue weighted by molar-refractivity contribution is 0.570. The van der Waals surface area contributed by atoms with Crippen molar-refractivity contribution in [3.8, 4) is 0 Å². The smallest absolute Gasteiger partial charge is 0.196 e. The maximum absolute atomic E-state index is 9.95. The van der Waals surface area contributed by atoms with E-state index in [9.17, 15) is 4.79 Å². The highest BCUT2D eigenvalue weighted by Crippen LogP contribution is 2.22. The van der Waals surface area contributed by atoms with Crippen molar-refractivity contribution in [1.82, 2.24) is 0 Å². The molecule has 0 bridgehead atoms. The van der Waals surface area contributed by atoms with E-state index in [1.165, 1.54) is 0 Å². The van der Waals surface area contributed by atoms with Gasteiger partial charge in [-0.25, -0.2) is 0 Å². The third-order valence-corrected chi connectivity index (χ3v) is 1.85. The highest BCUT2D eigenvalue weighted by Gasteiger charge is 1.95. The Kier molecular flexibility index (Phi) is 3.26. The first kappa shape index (κ1) is 8.43. The molecule has 0 unspecified atom stereocenters. The van der Waals surface area contributed by atoms with Crippen molar-refractivity contribution in [2.24, 2.45) is 0 Å². The van der Waals surface area contributed by atoms with Gasteiger partial charge in [0.1, 0.15) is 0 Å². The number of benzene rings is 1. The SMILES string of the molecule is O=CSNc1ccccc1Cl. The average molecular weight is 188 g/mol. The van der Waals surface area contributed by atoms with Crippen molar-refractivity contribution >= 4 is 34.9 Å². The van der Waals surface area contributed by atoms with Crippen LogP contribution in [-0.2, 0) is 4.79 Å². The Bertz CT molecular complexity index is 254. The van der Waals surface area contributed by atoms with Gasteiger partial charge < -0.3 is 4.72 Å². The number of rotatable bonds is 3. The second kappa shape index (κ2) is 4.26. The zero-order valence-electron chi connectivity index (χ0n) is 5.58. The quantitative estimate of drug-likeness (QED) is 0.583. The van der Waals surface area contributed by atoms with E-state index in [2.05, 4.69) is 4.72 Å². The van der Waals surface area contributed by atoms with Crippen molar-refractivity contribution in [3.63, 3.8) is 0 Å². The van der Waals surface area contributed by atoms with Gasteiger partial charge in [-0.1, -0.05) is 23.7 Å². The second-order valence-corrected chi connectivity index (χ2v) is 2.84. The molecule has 0 fully saturated rings. The molecule has 0 amide bonds. The largest absolute Gasteiger partial charge is 0.322 e. The summed E-state index contributed by atoms with van der Waals surface area (Å²) in [5.41, 5.74) is 1.47. The molecule has 1 aromatic carbocycles. The van der Waals surface area contributed by atoms with Gasteiger partial charge in [0.05, 0.1) is 10.7 Å². The van der Waals surface area contributed by atoms with E-state index < -0.39 is 0 Å². The molecule has 11 heavy (non-hydrogen) atoms. The van der Waals surface area contributed by atoms with Gasteiger partial charge in [0.15, 0.2) is 5.62 Å². The fourth-order valence-corrected chi connectivity index (χ4v) is 1.22. The molecule has 0 aliphatic rings. The van der Waals surface area contributed by atoms with Crippen LogP contribution in [0.4, 0.5) is 5.69 Å². The van der Waals surface area contributed by atoms with Crippen LogP contribution in [-0.4, -0.2) is 5.62 Å². The Morgan fingerprint density at radius 2 is 2.18 bits per heavy atom. The summed E-state index contributed by atoms with van der Waals surface area (Å²) in [6.07, 6.45) is 0. The molecule has 1 rings (SSSR count). The lowest BCUT2D eigenvalue weighted by Gasteiger charge is -2.01. The molecule has 0 saturated heterocycles. The summed E-state index contributed by atoms with van der Waals surface area (Å²) in [7, 11) is 0. The van der Waals surface area contributed by atoms with Gasteiger partial charge in [-0.3, -0.25) is 4.79 Å². The van der Waals surface area contributed by atoms with Gasteiger partial charge in [0.25, 0.3) is 0 Å². The van der Waals surface area contributed by atoms with E-state index in [0.29, 0.717) is 10.6 Å². The van der Waals surface area contributed by atoms with Crippen LogP contribution in [0, 0.1) is 0 Å². The van der Waals surface area contributed by atoms with Gasteiger partial charge in [-0.05, 0) is 12.1 Å². The van der Waals surface area contributed by atoms with E-state index in [0.717, 1.165) is 17.6 Å². The van der Waals surface area contributed by atoms with E-state index >= 15 is 0 Å². The molecule has 0 aromatic heterocycles. The van der Waals surface area contributed by atoms with Crippen LogP contribution < -0.4 is 4.72 Å². The van der Waals surface area contributed by atoms with Crippen LogP contribution in [0.5, 0.6) is 0 Å².